The third-order valence-electron chi connectivity index (χ3n) is 3.92. The van der Waals surface area contributed by atoms with Crippen LogP contribution in [0.3, 0.4) is 0 Å². The van der Waals surface area contributed by atoms with E-state index in [4.69, 9.17) is 21.1 Å². The molecule has 0 aromatic heterocycles. The number of aryl methyl sites for hydroxylation is 1. The van der Waals surface area contributed by atoms with Gasteiger partial charge in [0.05, 0.1) is 11.4 Å². The van der Waals surface area contributed by atoms with Gasteiger partial charge >= 0.3 is 0 Å². The van der Waals surface area contributed by atoms with Crippen molar-refractivity contribution in [2.45, 2.75) is 24.3 Å². The van der Waals surface area contributed by atoms with E-state index in [9.17, 15) is 8.42 Å². The molecule has 1 aliphatic heterocycles. The van der Waals surface area contributed by atoms with Crippen molar-refractivity contribution in [2.75, 3.05) is 13.7 Å². The molecule has 0 bridgehead atoms. The van der Waals surface area contributed by atoms with Crippen LogP contribution in [-0.4, -0.2) is 32.7 Å². The summed E-state index contributed by atoms with van der Waals surface area (Å²) in [5.41, 5.74) is 1.70. The van der Waals surface area contributed by atoms with E-state index in [2.05, 4.69) is 0 Å². The van der Waals surface area contributed by atoms with Crippen LogP contribution in [0.5, 0.6) is 0 Å². The van der Waals surface area contributed by atoms with Crippen LogP contribution in [0.15, 0.2) is 53.4 Å². The lowest BCUT2D eigenvalue weighted by atomic mass is 10.2. The maximum Gasteiger partial charge on any atom is 0.245 e. The molecule has 1 aliphatic rings. The van der Waals surface area contributed by atoms with E-state index in [1.165, 1.54) is 11.4 Å². The molecule has 128 valence electrons. The molecule has 2 aromatic rings. The van der Waals surface area contributed by atoms with Crippen molar-refractivity contribution >= 4 is 21.6 Å². The number of nitrogens with zero attached hydrogens (tertiary/aromatic N) is 1. The molecule has 5 nitrogen and oxygen atoms in total. The zero-order chi connectivity index (χ0) is 17.3. The van der Waals surface area contributed by atoms with Crippen LogP contribution in [0, 0.1) is 6.92 Å². The van der Waals surface area contributed by atoms with Crippen molar-refractivity contribution in [3.05, 3.63) is 64.7 Å². The molecule has 0 amide bonds. The number of methoxy groups -OCH3 is 1. The molecule has 2 unspecified atom stereocenters. The summed E-state index contributed by atoms with van der Waals surface area (Å²) in [5, 5.41) is 0.577. The van der Waals surface area contributed by atoms with Gasteiger partial charge in [-0.05, 0) is 36.8 Å². The Labute approximate surface area is 146 Å². The summed E-state index contributed by atoms with van der Waals surface area (Å²) in [6, 6.07) is 13.7. The Kier molecular flexibility index (Phi) is 4.94. The number of sulfonamides is 1. The minimum absolute atomic E-state index is 0.125. The van der Waals surface area contributed by atoms with Crippen LogP contribution in [0.1, 0.15) is 17.4 Å². The first-order valence-corrected chi connectivity index (χ1v) is 9.26. The highest BCUT2D eigenvalue weighted by Crippen LogP contribution is 2.35. The van der Waals surface area contributed by atoms with E-state index < -0.39 is 22.5 Å². The van der Waals surface area contributed by atoms with Gasteiger partial charge < -0.3 is 9.47 Å². The van der Waals surface area contributed by atoms with Crippen LogP contribution < -0.4 is 0 Å². The van der Waals surface area contributed by atoms with Gasteiger partial charge in [0.1, 0.15) is 0 Å². The van der Waals surface area contributed by atoms with E-state index in [0.717, 1.165) is 5.56 Å². The molecule has 0 saturated carbocycles. The smallest absolute Gasteiger partial charge is 0.245 e. The lowest BCUT2D eigenvalue weighted by Gasteiger charge is -2.22. The monoisotopic (exact) mass is 367 g/mol. The summed E-state index contributed by atoms with van der Waals surface area (Å²) in [4.78, 5) is 0.229. The van der Waals surface area contributed by atoms with Crippen molar-refractivity contribution < 1.29 is 17.9 Å². The van der Waals surface area contributed by atoms with Crippen molar-refractivity contribution in [1.82, 2.24) is 4.31 Å². The number of hydrogen-bond donors (Lipinski definition) is 0. The van der Waals surface area contributed by atoms with Gasteiger partial charge in [-0.15, -0.1) is 0 Å². The number of hydrogen-bond acceptors (Lipinski definition) is 4. The van der Waals surface area contributed by atoms with E-state index in [0.29, 0.717) is 10.6 Å². The fourth-order valence-corrected chi connectivity index (χ4v) is 4.19. The highest BCUT2D eigenvalue weighted by atomic mass is 35.5. The molecule has 0 aliphatic carbocycles. The van der Waals surface area contributed by atoms with Crippen LogP contribution in [0.4, 0.5) is 0 Å². The molecule has 3 rings (SSSR count). The lowest BCUT2D eigenvalue weighted by Crippen LogP contribution is -2.32. The summed E-state index contributed by atoms with van der Waals surface area (Å²) < 4.78 is 38.3. The predicted octanol–water partition coefficient (Wildman–Crippen LogP) is 3.34. The zero-order valence-electron chi connectivity index (χ0n) is 13.3. The Bertz CT molecular complexity index is 805. The molecule has 7 heteroatoms. The molecule has 2 aromatic carbocycles. The second-order valence-corrected chi connectivity index (χ2v) is 7.92. The van der Waals surface area contributed by atoms with Gasteiger partial charge in [0.2, 0.25) is 10.0 Å². The molecule has 1 saturated heterocycles. The molecule has 0 N–H and O–H groups in total. The summed E-state index contributed by atoms with van der Waals surface area (Å²) in [5.74, 6) is 0. The van der Waals surface area contributed by atoms with E-state index in [1.54, 1.807) is 48.5 Å². The second kappa shape index (κ2) is 6.82. The average Bonchev–Trinajstić information content (AvgIpc) is 3.01. The van der Waals surface area contributed by atoms with Crippen molar-refractivity contribution in [3.8, 4) is 0 Å². The molecule has 2 atom stereocenters. The Morgan fingerprint density at radius 2 is 1.75 bits per heavy atom. The van der Waals surface area contributed by atoms with Gasteiger partial charge in [-0.1, -0.05) is 41.4 Å². The summed E-state index contributed by atoms with van der Waals surface area (Å²) in [6.07, 6.45) is -1.37. The topological polar surface area (TPSA) is 55.8 Å². The van der Waals surface area contributed by atoms with Gasteiger partial charge in [-0.3, -0.25) is 0 Å². The minimum Gasteiger partial charge on any atom is -0.354 e. The standard InChI is InChI=1S/C17H18ClNO4S/c1-12-3-9-15(10-4-12)24(20,21)19-11-16(22-2)23-17(19)13-5-7-14(18)8-6-13/h3-10,16-17H,11H2,1-2H3. The molecule has 1 fully saturated rings. The van der Waals surface area contributed by atoms with E-state index in [-0.39, 0.29) is 11.4 Å². The van der Waals surface area contributed by atoms with Gasteiger partial charge in [0, 0.05) is 12.1 Å². The third-order valence-corrected chi connectivity index (χ3v) is 5.99. The Morgan fingerprint density at radius 3 is 2.33 bits per heavy atom. The average molecular weight is 368 g/mol. The molecular formula is C17H18ClNO4S. The maximum absolute atomic E-state index is 13.0. The first kappa shape index (κ1) is 17.4. The predicted molar refractivity (Wildman–Crippen MR) is 91.1 cm³/mol. The Morgan fingerprint density at radius 1 is 1.12 bits per heavy atom. The van der Waals surface area contributed by atoms with Crippen molar-refractivity contribution in [1.29, 1.82) is 0 Å². The van der Waals surface area contributed by atoms with E-state index >= 15 is 0 Å². The lowest BCUT2D eigenvalue weighted by molar-refractivity contribution is -0.114. The molecular weight excluding hydrogens is 350 g/mol. The number of rotatable bonds is 4. The summed E-state index contributed by atoms with van der Waals surface area (Å²) in [6.45, 7) is 2.03. The van der Waals surface area contributed by atoms with Crippen molar-refractivity contribution in [3.63, 3.8) is 0 Å². The Balaban J connectivity index is 1.99. The van der Waals surface area contributed by atoms with Gasteiger partial charge in [0.15, 0.2) is 12.5 Å². The first-order valence-electron chi connectivity index (χ1n) is 7.44. The normalized spacial score (nSPS) is 22.0. The number of benzene rings is 2. The highest BCUT2D eigenvalue weighted by molar-refractivity contribution is 7.89. The van der Waals surface area contributed by atoms with Crippen LogP contribution in [-0.2, 0) is 19.5 Å². The maximum atomic E-state index is 13.0. The fraction of sp³-hybridized carbons (Fsp3) is 0.294. The second-order valence-electron chi connectivity index (χ2n) is 5.59. The summed E-state index contributed by atoms with van der Waals surface area (Å²) >= 11 is 5.91. The van der Waals surface area contributed by atoms with Gasteiger partial charge in [-0.25, -0.2) is 8.42 Å². The van der Waals surface area contributed by atoms with Crippen LogP contribution >= 0.6 is 11.6 Å². The van der Waals surface area contributed by atoms with Crippen molar-refractivity contribution in [2.24, 2.45) is 0 Å². The first-order chi connectivity index (χ1) is 11.4. The molecule has 0 spiro atoms. The van der Waals surface area contributed by atoms with Crippen LogP contribution in [0.2, 0.25) is 5.02 Å². The highest BCUT2D eigenvalue weighted by Gasteiger charge is 2.42. The molecule has 1 heterocycles. The SMILES string of the molecule is COC1CN(S(=O)(=O)c2ccc(C)cc2)C(c2ccc(Cl)cc2)O1. The number of ether oxygens (including phenoxy) is 2. The Hall–Kier alpha value is -1.44. The zero-order valence-corrected chi connectivity index (χ0v) is 14.9. The fourth-order valence-electron chi connectivity index (χ4n) is 2.57. The molecule has 24 heavy (non-hydrogen) atoms. The van der Waals surface area contributed by atoms with Gasteiger partial charge in [-0.2, -0.15) is 4.31 Å². The third kappa shape index (κ3) is 3.34. The van der Waals surface area contributed by atoms with Crippen LogP contribution in [0.25, 0.3) is 0 Å². The quantitative estimate of drug-likeness (QED) is 0.831. The largest absolute Gasteiger partial charge is 0.354 e. The minimum atomic E-state index is -3.71. The van der Waals surface area contributed by atoms with Gasteiger partial charge in [0.25, 0.3) is 0 Å². The van der Waals surface area contributed by atoms with E-state index in [1.807, 2.05) is 6.92 Å². The number of halogens is 1. The molecule has 0 radical (unpaired) electrons. The summed E-state index contributed by atoms with van der Waals surface area (Å²) in [7, 11) is -2.22.